The molecule has 3 amide bonds. The summed E-state index contributed by atoms with van der Waals surface area (Å²) in [6, 6.07) is 3.92. The number of hydrogen-bond donors (Lipinski definition) is 6. The molecule has 1 unspecified atom stereocenters. The number of hydrogen-bond acceptors (Lipinski definition) is 7. The maximum absolute atomic E-state index is 13.2. The molecule has 1 aromatic rings. The van der Waals surface area contributed by atoms with Crippen molar-refractivity contribution >= 4 is 17.9 Å². The summed E-state index contributed by atoms with van der Waals surface area (Å²) >= 11 is 0. The van der Waals surface area contributed by atoms with E-state index in [9.17, 15) is 24.6 Å². The SMILES string of the molecule is CC(C)[C@H]1COCC[C@H](O)COc2ccc(cc2)C[C@@H](NC(=O)NC(CCCCN)C(=O)O)C(=O)N1. The zero-order valence-electron chi connectivity index (χ0n) is 21.1. The van der Waals surface area contributed by atoms with E-state index in [1.165, 1.54) is 0 Å². The third kappa shape index (κ3) is 10.4. The monoisotopic (exact) mass is 508 g/mol. The van der Waals surface area contributed by atoms with Gasteiger partial charge in [0.05, 0.1) is 18.8 Å². The van der Waals surface area contributed by atoms with Gasteiger partial charge < -0.3 is 41.4 Å². The van der Waals surface area contributed by atoms with E-state index in [0.29, 0.717) is 38.2 Å². The van der Waals surface area contributed by atoms with Crippen LogP contribution >= 0.6 is 0 Å². The highest BCUT2D eigenvalue weighted by molar-refractivity contribution is 5.89. The van der Waals surface area contributed by atoms with E-state index >= 15 is 0 Å². The van der Waals surface area contributed by atoms with Crippen LogP contribution in [-0.4, -0.2) is 78.7 Å². The van der Waals surface area contributed by atoms with E-state index < -0.39 is 36.1 Å². The van der Waals surface area contributed by atoms with Crippen LogP contribution in [0.2, 0.25) is 0 Å². The van der Waals surface area contributed by atoms with Crippen molar-refractivity contribution in [2.24, 2.45) is 11.7 Å². The fourth-order valence-corrected chi connectivity index (χ4v) is 3.66. The molecule has 2 bridgehead atoms. The van der Waals surface area contributed by atoms with E-state index in [4.69, 9.17) is 15.2 Å². The molecule has 0 aliphatic carbocycles. The van der Waals surface area contributed by atoms with Crippen LogP contribution < -0.4 is 26.4 Å². The Kier molecular flexibility index (Phi) is 12.4. The fraction of sp³-hybridized carbons (Fsp3) is 0.640. The molecule has 2 aliphatic rings. The molecule has 2 aliphatic heterocycles. The Morgan fingerprint density at radius 3 is 2.56 bits per heavy atom. The quantitative estimate of drug-likeness (QED) is 0.280. The molecule has 0 saturated carbocycles. The number of urea groups is 1. The molecule has 0 radical (unpaired) electrons. The Labute approximate surface area is 212 Å². The van der Waals surface area contributed by atoms with Gasteiger partial charge in [-0.05, 0) is 55.8 Å². The number of rotatable bonds is 8. The minimum atomic E-state index is -1.15. The van der Waals surface area contributed by atoms with Gasteiger partial charge in [-0.3, -0.25) is 4.79 Å². The highest BCUT2D eigenvalue weighted by Gasteiger charge is 2.27. The molecular weight excluding hydrogens is 468 g/mol. The van der Waals surface area contributed by atoms with Gasteiger partial charge in [-0.2, -0.15) is 0 Å². The summed E-state index contributed by atoms with van der Waals surface area (Å²) in [4.78, 5) is 37.5. The molecule has 36 heavy (non-hydrogen) atoms. The molecule has 0 spiro atoms. The first-order chi connectivity index (χ1) is 17.2. The second-order valence-corrected chi connectivity index (χ2v) is 9.38. The molecule has 11 heteroatoms. The summed E-state index contributed by atoms with van der Waals surface area (Å²) in [5.74, 6) is -0.940. The molecule has 3 rings (SSSR count). The minimum absolute atomic E-state index is 0.0498. The van der Waals surface area contributed by atoms with E-state index in [2.05, 4.69) is 16.0 Å². The Morgan fingerprint density at radius 2 is 1.92 bits per heavy atom. The Morgan fingerprint density at radius 1 is 1.19 bits per heavy atom. The Balaban J connectivity index is 2.19. The van der Waals surface area contributed by atoms with Crippen molar-refractivity contribution in [3.05, 3.63) is 29.8 Å². The highest BCUT2D eigenvalue weighted by Crippen LogP contribution is 2.15. The third-order valence-corrected chi connectivity index (χ3v) is 6.00. The first-order valence-corrected chi connectivity index (χ1v) is 12.5. The lowest BCUT2D eigenvalue weighted by Gasteiger charge is -2.27. The molecule has 7 N–H and O–H groups in total. The first kappa shape index (κ1) is 29.3. The Bertz CT molecular complexity index is 834. The van der Waals surface area contributed by atoms with Crippen molar-refractivity contribution in [2.75, 3.05) is 26.4 Å². The van der Waals surface area contributed by atoms with Crippen LogP contribution in [0.1, 0.15) is 45.1 Å². The predicted molar refractivity (Wildman–Crippen MR) is 134 cm³/mol. The van der Waals surface area contributed by atoms with Gasteiger partial charge in [-0.15, -0.1) is 0 Å². The summed E-state index contributed by atoms with van der Waals surface area (Å²) in [6.45, 7) is 5.00. The third-order valence-electron chi connectivity index (χ3n) is 6.00. The topological polar surface area (TPSA) is 172 Å². The second-order valence-electron chi connectivity index (χ2n) is 9.38. The molecule has 4 atom stereocenters. The van der Waals surface area contributed by atoms with Crippen molar-refractivity contribution in [3.8, 4) is 5.75 Å². The number of fused-ring (bicyclic) bond motifs is 13. The van der Waals surface area contributed by atoms with Crippen LogP contribution in [0.4, 0.5) is 4.79 Å². The summed E-state index contributed by atoms with van der Waals surface area (Å²) in [7, 11) is 0. The normalized spacial score (nSPS) is 22.4. The van der Waals surface area contributed by atoms with Crippen molar-refractivity contribution in [2.45, 2.75) is 70.2 Å². The Hall–Kier alpha value is -2.89. The van der Waals surface area contributed by atoms with Crippen LogP contribution in [0.15, 0.2) is 24.3 Å². The zero-order valence-corrected chi connectivity index (χ0v) is 21.1. The number of amides is 3. The molecule has 0 saturated heterocycles. The zero-order chi connectivity index (χ0) is 26.5. The number of nitrogens with two attached hydrogens (primary N) is 1. The number of carboxylic acid groups (broad SMARTS) is 1. The van der Waals surface area contributed by atoms with Crippen LogP contribution in [0, 0.1) is 5.92 Å². The molecule has 2 heterocycles. The van der Waals surface area contributed by atoms with Gasteiger partial charge >= 0.3 is 12.0 Å². The number of carboxylic acids is 1. The summed E-state index contributed by atoms with van der Waals surface area (Å²) in [5, 5.41) is 27.6. The summed E-state index contributed by atoms with van der Waals surface area (Å²) < 4.78 is 11.3. The van der Waals surface area contributed by atoms with Gasteiger partial charge in [-0.25, -0.2) is 9.59 Å². The van der Waals surface area contributed by atoms with Crippen LogP contribution in [0.25, 0.3) is 0 Å². The lowest BCUT2D eigenvalue weighted by Crippen LogP contribution is -2.56. The molecular formula is C25H40N4O7. The van der Waals surface area contributed by atoms with E-state index in [1.54, 1.807) is 24.3 Å². The highest BCUT2D eigenvalue weighted by atomic mass is 16.5. The molecule has 202 valence electrons. The maximum Gasteiger partial charge on any atom is 0.326 e. The van der Waals surface area contributed by atoms with Crippen molar-refractivity contribution in [1.29, 1.82) is 0 Å². The standard InChI is InChI=1S/C25H40N4O7/c1-16(2)22-15-35-12-10-18(30)14-36-19-8-6-17(7-9-19)13-21(23(31)27-22)29-25(34)28-20(24(32)33)5-3-4-11-26/h6-9,16,18,20-22,30H,3-5,10-15,26H2,1-2H3,(H,27,31)(H,32,33)(H2,28,29,34)/t18-,20?,21+,22+/m0/s1. The van der Waals surface area contributed by atoms with Gasteiger partial charge in [0.1, 0.15) is 24.4 Å². The van der Waals surface area contributed by atoms with Crippen LogP contribution in [0.5, 0.6) is 5.75 Å². The molecule has 0 aromatic heterocycles. The molecule has 11 nitrogen and oxygen atoms in total. The lowest BCUT2D eigenvalue weighted by molar-refractivity contribution is -0.139. The van der Waals surface area contributed by atoms with Gasteiger partial charge in [0.25, 0.3) is 0 Å². The summed E-state index contributed by atoms with van der Waals surface area (Å²) in [5.41, 5.74) is 6.24. The van der Waals surface area contributed by atoms with Gasteiger partial charge in [0.2, 0.25) is 5.91 Å². The van der Waals surface area contributed by atoms with E-state index in [1.807, 2.05) is 13.8 Å². The number of ether oxygens (including phenoxy) is 2. The van der Waals surface area contributed by atoms with Gasteiger partial charge in [0.15, 0.2) is 0 Å². The molecule has 1 aromatic carbocycles. The number of carbonyl (C=O) groups is 3. The number of aliphatic carboxylic acids is 1. The smallest absolute Gasteiger partial charge is 0.326 e. The minimum Gasteiger partial charge on any atom is -0.491 e. The summed E-state index contributed by atoms with van der Waals surface area (Å²) in [6.07, 6.45) is 1.33. The van der Waals surface area contributed by atoms with E-state index in [-0.39, 0.29) is 38.0 Å². The predicted octanol–water partition coefficient (Wildman–Crippen LogP) is 0.780. The first-order valence-electron chi connectivity index (χ1n) is 12.5. The van der Waals surface area contributed by atoms with E-state index in [0.717, 1.165) is 5.56 Å². The fourth-order valence-electron chi connectivity index (χ4n) is 3.66. The number of aliphatic hydroxyl groups is 1. The van der Waals surface area contributed by atoms with Gasteiger partial charge in [-0.1, -0.05) is 26.0 Å². The van der Waals surface area contributed by atoms with Crippen molar-refractivity contribution in [3.63, 3.8) is 0 Å². The number of aliphatic hydroxyl groups excluding tert-OH is 1. The second kappa shape index (κ2) is 15.3. The van der Waals surface area contributed by atoms with Crippen LogP contribution in [0.3, 0.4) is 0 Å². The lowest BCUT2D eigenvalue weighted by atomic mass is 10.0. The molecule has 0 fully saturated rings. The number of nitrogens with one attached hydrogen (secondary N) is 3. The number of carbonyl (C=O) groups excluding carboxylic acids is 2. The van der Waals surface area contributed by atoms with Crippen molar-refractivity contribution in [1.82, 2.24) is 16.0 Å². The number of benzene rings is 1. The average Bonchev–Trinajstić information content (AvgIpc) is 2.83. The average molecular weight is 509 g/mol. The van der Waals surface area contributed by atoms with Crippen LogP contribution in [-0.2, 0) is 20.7 Å². The largest absolute Gasteiger partial charge is 0.491 e. The maximum atomic E-state index is 13.2. The van der Waals surface area contributed by atoms with Crippen molar-refractivity contribution < 1.29 is 34.1 Å². The number of unbranched alkanes of at least 4 members (excludes halogenated alkanes) is 1. The van der Waals surface area contributed by atoms with Gasteiger partial charge in [0, 0.05) is 13.0 Å².